The van der Waals surface area contributed by atoms with Gasteiger partial charge in [0.2, 0.25) is 0 Å². The fourth-order valence-electron chi connectivity index (χ4n) is 2.09. The molecule has 0 fully saturated rings. The zero-order valence-electron chi connectivity index (χ0n) is 10.3. The first kappa shape index (κ1) is 13.1. The van der Waals surface area contributed by atoms with Gasteiger partial charge in [0.05, 0.1) is 23.5 Å². The molecule has 2 rings (SSSR count). The predicted octanol–water partition coefficient (Wildman–Crippen LogP) is 1.96. The molecule has 0 saturated carbocycles. The van der Waals surface area contributed by atoms with Gasteiger partial charge in [0.25, 0.3) is 0 Å². The van der Waals surface area contributed by atoms with Crippen molar-refractivity contribution in [3.05, 3.63) is 52.8 Å². The molecule has 0 bridgehead atoms. The third-order valence-corrected chi connectivity index (χ3v) is 3.17. The van der Waals surface area contributed by atoms with E-state index in [9.17, 15) is 5.11 Å². The van der Waals surface area contributed by atoms with E-state index in [1.165, 1.54) is 13.3 Å². The highest BCUT2D eigenvalue weighted by Crippen LogP contribution is 2.34. The van der Waals surface area contributed by atoms with Gasteiger partial charge in [-0.25, -0.2) is 0 Å². The Morgan fingerprint density at radius 3 is 2.56 bits per heavy atom. The van der Waals surface area contributed by atoms with Crippen molar-refractivity contribution in [3.8, 4) is 0 Å². The molecule has 2 aromatic rings. The molecule has 0 aliphatic heterocycles. The molecule has 0 aliphatic carbocycles. The molecular weight excluding hydrogens is 252 g/mol. The standard InChI is InChI=1S/C13H15ClN2O2/c1-16-12(11(14)8-15-16)13(17,9-18-2)10-6-4-3-5-7-10/h3-8,17H,9H2,1-2H3. The minimum Gasteiger partial charge on any atom is -0.381 e. The SMILES string of the molecule is COCC(O)(c1ccccc1)c1c(Cl)cnn1C. The van der Waals surface area contributed by atoms with Crippen LogP contribution >= 0.6 is 11.6 Å². The highest BCUT2D eigenvalue weighted by Gasteiger charge is 2.36. The van der Waals surface area contributed by atoms with E-state index in [-0.39, 0.29) is 6.61 Å². The van der Waals surface area contributed by atoms with Gasteiger partial charge in [-0.15, -0.1) is 0 Å². The first-order valence-electron chi connectivity index (χ1n) is 5.54. The van der Waals surface area contributed by atoms with Crippen LogP contribution in [0.1, 0.15) is 11.3 Å². The normalized spacial score (nSPS) is 14.4. The van der Waals surface area contributed by atoms with Crippen molar-refractivity contribution in [1.29, 1.82) is 0 Å². The smallest absolute Gasteiger partial charge is 0.156 e. The lowest BCUT2D eigenvalue weighted by molar-refractivity contribution is -0.00887. The van der Waals surface area contributed by atoms with Crippen LogP contribution in [0.2, 0.25) is 5.02 Å². The summed E-state index contributed by atoms with van der Waals surface area (Å²) in [5.74, 6) is 0. The summed E-state index contributed by atoms with van der Waals surface area (Å²) in [7, 11) is 3.28. The van der Waals surface area contributed by atoms with E-state index in [1.54, 1.807) is 11.7 Å². The van der Waals surface area contributed by atoms with Crippen molar-refractivity contribution in [3.63, 3.8) is 0 Å². The topological polar surface area (TPSA) is 47.3 Å². The van der Waals surface area contributed by atoms with Gasteiger partial charge in [-0.2, -0.15) is 5.10 Å². The third kappa shape index (κ3) is 2.14. The quantitative estimate of drug-likeness (QED) is 0.920. The number of nitrogens with zero attached hydrogens (tertiary/aromatic N) is 2. The number of aromatic nitrogens is 2. The Balaban J connectivity index is 2.58. The number of benzene rings is 1. The van der Waals surface area contributed by atoms with Crippen LogP contribution in [0, 0.1) is 0 Å². The summed E-state index contributed by atoms with van der Waals surface area (Å²) in [5, 5.41) is 15.4. The minimum atomic E-state index is -1.31. The second kappa shape index (κ2) is 5.10. The van der Waals surface area contributed by atoms with Crippen LogP contribution in [0.3, 0.4) is 0 Å². The lowest BCUT2D eigenvalue weighted by Gasteiger charge is -2.28. The second-order valence-corrected chi connectivity index (χ2v) is 4.53. The molecule has 0 spiro atoms. The van der Waals surface area contributed by atoms with E-state index in [4.69, 9.17) is 16.3 Å². The molecule has 0 amide bonds. The van der Waals surface area contributed by atoms with Gasteiger partial charge in [-0.1, -0.05) is 41.9 Å². The molecule has 1 atom stereocenters. The van der Waals surface area contributed by atoms with Crippen molar-refractivity contribution < 1.29 is 9.84 Å². The fourth-order valence-corrected chi connectivity index (χ4v) is 2.41. The molecule has 5 heteroatoms. The van der Waals surface area contributed by atoms with Gasteiger partial charge in [0, 0.05) is 14.2 Å². The van der Waals surface area contributed by atoms with Gasteiger partial charge < -0.3 is 9.84 Å². The molecule has 1 unspecified atom stereocenters. The molecule has 0 radical (unpaired) electrons. The van der Waals surface area contributed by atoms with E-state index >= 15 is 0 Å². The molecule has 1 heterocycles. The van der Waals surface area contributed by atoms with Gasteiger partial charge in [0.1, 0.15) is 0 Å². The van der Waals surface area contributed by atoms with Gasteiger partial charge in [-0.05, 0) is 5.56 Å². The molecular formula is C13H15ClN2O2. The average molecular weight is 267 g/mol. The number of ether oxygens (including phenoxy) is 1. The number of hydrogen-bond acceptors (Lipinski definition) is 3. The number of halogens is 1. The third-order valence-electron chi connectivity index (χ3n) is 2.89. The monoisotopic (exact) mass is 266 g/mol. The number of rotatable bonds is 4. The van der Waals surface area contributed by atoms with E-state index < -0.39 is 5.60 Å². The van der Waals surface area contributed by atoms with Crippen LogP contribution in [0.4, 0.5) is 0 Å². The van der Waals surface area contributed by atoms with Crippen molar-refractivity contribution in [2.45, 2.75) is 5.60 Å². The second-order valence-electron chi connectivity index (χ2n) is 4.12. The van der Waals surface area contributed by atoms with Crippen molar-refractivity contribution in [1.82, 2.24) is 9.78 Å². The van der Waals surface area contributed by atoms with Crippen LogP contribution in [0.5, 0.6) is 0 Å². The molecule has 96 valence electrons. The van der Waals surface area contributed by atoms with Crippen molar-refractivity contribution >= 4 is 11.6 Å². The molecule has 18 heavy (non-hydrogen) atoms. The maximum Gasteiger partial charge on any atom is 0.156 e. The van der Waals surface area contributed by atoms with Crippen LogP contribution in [-0.2, 0) is 17.4 Å². The summed E-state index contributed by atoms with van der Waals surface area (Å²) in [6.07, 6.45) is 1.51. The zero-order valence-corrected chi connectivity index (χ0v) is 11.1. The molecule has 0 aliphatic rings. The fraction of sp³-hybridized carbons (Fsp3) is 0.308. The summed E-state index contributed by atoms with van der Waals surface area (Å²) in [6.45, 7) is 0.107. The van der Waals surface area contributed by atoms with E-state index in [2.05, 4.69) is 5.10 Å². The van der Waals surface area contributed by atoms with Gasteiger partial charge in [0.15, 0.2) is 5.60 Å². The van der Waals surface area contributed by atoms with Crippen LogP contribution in [-0.4, -0.2) is 28.6 Å². The van der Waals surface area contributed by atoms with Gasteiger partial charge in [-0.3, -0.25) is 4.68 Å². The summed E-state index contributed by atoms with van der Waals surface area (Å²) >= 11 is 6.12. The summed E-state index contributed by atoms with van der Waals surface area (Å²) < 4.78 is 6.71. The van der Waals surface area contributed by atoms with Crippen molar-refractivity contribution in [2.75, 3.05) is 13.7 Å². The largest absolute Gasteiger partial charge is 0.381 e. The Morgan fingerprint density at radius 1 is 1.39 bits per heavy atom. The summed E-state index contributed by atoms with van der Waals surface area (Å²) in [6, 6.07) is 9.28. The maximum absolute atomic E-state index is 10.9. The highest BCUT2D eigenvalue weighted by atomic mass is 35.5. The lowest BCUT2D eigenvalue weighted by Crippen LogP contribution is -2.35. The maximum atomic E-state index is 10.9. The molecule has 1 aromatic carbocycles. The van der Waals surface area contributed by atoms with Crippen LogP contribution < -0.4 is 0 Å². The first-order chi connectivity index (χ1) is 8.59. The Bertz CT molecular complexity index is 508. The van der Waals surface area contributed by atoms with Crippen LogP contribution in [0.25, 0.3) is 0 Å². The lowest BCUT2D eigenvalue weighted by atomic mass is 9.91. The average Bonchev–Trinajstić information content (AvgIpc) is 2.71. The number of aryl methyl sites for hydroxylation is 1. The number of methoxy groups -OCH3 is 1. The van der Waals surface area contributed by atoms with E-state index in [1.807, 2.05) is 30.3 Å². The summed E-state index contributed by atoms with van der Waals surface area (Å²) in [5.41, 5.74) is -0.0622. The zero-order chi connectivity index (χ0) is 13.2. The molecule has 0 saturated heterocycles. The summed E-state index contributed by atoms with van der Waals surface area (Å²) in [4.78, 5) is 0. The van der Waals surface area contributed by atoms with Crippen LogP contribution in [0.15, 0.2) is 36.5 Å². The number of hydrogen-bond donors (Lipinski definition) is 1. The number of aliphatic hydroxyl groups is 1. The minimum absolute atomic E-state index is 0.107. The predicted molar refractivity (Wildman–Crippen MR) is 69.5 cm³/mol. The van der Waals surface area contributed by atoms with Gasteiger partial charge >= 0.3 is 0 Å². The Kier molecular flexibility index (Phi) is 3.71. The highest BCUT2D eigenvalue weighted by molar-refractivity contribution is 6.31. The Morgan fingerprint density at radius 2 is 2.06 bits per heavy atom. The Labute approximate surface area is 111 Å². The Hall–Kier alpha value is -1.36. The molecule has 4 nitrogen and oxygen atoms in total. The molecule has 1 aromatic heterocycles. The first-order valence-corrected chi connectivity index (χ1v) is 5.92. The van der Waals surface area contributed by atoms with E-state index in [0.717, 1.165) is 5.56 Å². The van der Waals surface area contributed by atoms with Crippen molar-refractivity contribution in [2.24, 2.45) is 7.05 Å². The van der Waals surface area contributed by atoms with E-state index in [0.29, 0.717) is 10.7 Å². The molecule has 1 N–H and O–H groups in total.